The average Bonchev–Trinajstić information content (AvgIpc) is 2.89. The highest BCUT2D eigenvalue weighted by molar-refractivity contribution is 8.01. The smallest absolute Gasteiger partial charge is 0.247 e. The number of amides is 3. The van der Waals surface area contributed by atoms with Crippen molar-refractivity contribution in [3.63, 3.8) is 0 Å². The third kappa shape index (κ3) is 4.06. The first-order chi connectivity index (χ1) is 12.0. The first kappa shape index (κ1) is 17.2. The van der Waals surface area contributed by atoms with Gasteiger partial charge < -0.3 is 5.32 Å². The predicted octanol–water partition coefficient (Wildman–Crippen LogP) is 2.83. The molecule has 1 fully saturated rings. The van der Waals surface area contributed by atoms with Crippen molar-refractivity contribution in [3.8, 4) is 0 Å². The standard InChI is InChI=1S/C18H15FN2O3S/c19-12-6-8-13(9-7-12)20-16(22)11-25-15-10-17(23)21(18(15)24)14-4-2-1-3-5-14/h1-9,15H,10-11H2,(H,20,22). The Bertz CT molecular complexity index is 796. The fraction of sp³-hybridized carbons (Fsp3) is 0.167. The first-order valence-electron chi connectivity index (χ1n) is 7.63. The van der Waals surface area contributed by atoms with Gasteiger partial charge in [0.25, 0.3) is 0 Å². The third-order valence-corrected chi connectivity index (χ3v) is 4.86. The van der Waals surface area contributed by atoms with Gasteiger partial charge in [-0.25, -0.2) is 9.29 Å². The fourth-order valence-corrected chi connectivity index (χ4v) is 3.42. The van der Waals surface area contributed by atoms with E-state index in [0.717, 1.165) is 16.7 Å². The number of anilines is 2. The first-order valence-corrected chi connectivity index (χ1v) is 8.68. The maximum absolute atomic E-state index is 12.8. The molecule has 1 aliphatic rings. The minimum Gasteiger partial charge on any atom is -0.325 e. The lowest BCUT2D eigenvalue weighted by atomic mass is 10.3. The quantitative estimate of drug-likeness (QED) is 0.835. The van der Waals surface area contributed by atoms with Crippen molar-refractivity contribution in [1.82, 2.24) is 0 Å². The molecule has 128 valence electrons. The number of carbonyl (C=O) groups excluding carboxylic acids is 3. The summed E-state index contributed by atoms with van der Waals surface area (Å²) in [5, 5.41) is 2.05. The molecule has 2 aromatic rings. The Balaban J connectivity index is 1.57. The summed E-state index contributed by atoms with van der Waals surface area (Å²) in [6, 6.07) is 14.1. The maximum atomic E-state index is 12.8. The monoisotopic (exact) mass is 358 g/mol. The second kappa shape index (κ2) is 7.48. The summed E-state index contributed by atoms with van der Waals surface area (Å²) in [4.78, 5) is 37.7. The van der Waals surface area contributed by atoms with E-state index in [1.807, 2.05) is 0 Å². The molecular formula is C18H15FN2O3S. The lowest BCUT2D eigenvalue weighted by Gasteiger charge is -2.14. The van der Waals surface area contributed by atoms with Crippen molar-refractivity contribution in [1.29, 1.82) is 0 Å². The van der Waals surface area contributed by atoms with Gasteiger partial charge in [0.15, 0.2) is 0 Å². The Morgan fingerprint density at radius 2 is 1.80 bits per heavy atom. The molecule has 3 rings (SSSR count). The molecular weight excluding hydrogens is 343 g/mol. The van der Waals surface area contributed by atoms with Gasteiger partial charge in [0.1, 0.15) is 5.82 Å². The van der Waals surface area contributed by atoms with Crippen LogP contribution in [0.2, 0.25) is 0 Å². The van der Waals surface area contributed by atoms with Gasteiger partial charge in [-0.05, 0) is 36.4 Å². The molecule has 0 aromatic heterocycles. The molecule has 0 spiro atoms. The van der Waals surface area contributed by atoms with Crippen LogP contribution in [-0.2, 0) is 14.4 Å². The molecule has 0 aliphatic carbocycles. The molecule has 1 N–H and O–H groups in total. The molecule has 7 heteroatoms. The second-order valence-corrected chi connectivity index (χ2v) is 6.65. The summed E-state index contributed by atoms with van der Waals surface area (Å²) in [7, 11) is 0. The van der Waals surface area contributed by atoms with Crippen LogP contribution in [0.25, 0.3) is 0 Å². The van der Waals surface area contributed by atoms with Crippen LogP contribution in [0.3, 0.4) is 0 Å². The van der Waals surface area contributed by atoms with Crippen molar-refractivity contribution in [2.45, 2.75) is 11.7 Å². The molecule has 1 saturated heterocycles. The highest BCUT2D eigenvalue weighted by atomic mass is 32.2. The maximum Gasteiger partial charge on any atom is 0.247 e. The zero-order chi connectivity index (χ0) is 17.8. The van der Waals surface area contributed by atoms with Crippen molar-refractivity contribution in [2.75, 3.05) is 16.0 Å². The van der Waals surface area contributed by atoms with E-state index in [0.29, 0.717) is 11.4 Å². The number of benzene rings is 2. The number of thioether (sulfide) groups is 1. The van der Waals surface area contributed by atoms with E-state index in [1.165, 1.54) is 24.3 Å². The van der Waals surface area contributed by atoms with Crippen molar-refractivity contribution in [3.05, 3.63) is 60.4 Å². The van der Waals surface area contributed by atoms with Crippen LogP contribution in [0.4, 0.5) is 15.8 Å². The van der Waals surface area contributed by atoms with E-state index >= 15 is 0 Å². The van der Waals surface area contributed by atoms with Crippen molar-refractivity contribution < 1.29 is 18.8 Å². The van der Waals surface area contributed by atoms with Crippen LogP contribution in [0.5, 0.6) is 0 Å². The Hall–Kier alpha value is -2.67. The van der Waals surface area contributed by atoms with Crippen LogP contribution in [0.15, 0.2) is 54.6 Å². The van der Waals surface area contributed by atoms with Gasteiger partial charge in [-0.3, -0.25) is 14.4 Å². The van der Waals surface area contributed by atoms with Gasteiger partial charge in [0.05, 0.1) is 16.7 Å². The van der Waals surface area contributed by atoms with Crippen LogP contribution < -0.4 is 10.2 Å². The SMILES string of the molecule is O=C(CSC1CC(=O)N(c2ccccc2)C1=O)Nc1ccc(F)cc1. The third-order valence-electron chi connectivity index (χ3n) is 3.66. The summed E-state index contributed by atoms with van der Waals surface area (Å²) in [6.07, 6.45) is 0.0716. The van der Waals surface area contributed by atoms with Crippen LogP contribution in [0, 0.1) is 5.82 Å². The molecule has 1 aliphatic heterocycles. The molecule has 0 bridgehead atoms. The van der Waals surface area contributed by atoms with Crippen LogP contribution in [0.1, 0.15) is 6.42 Å². The van der Waals surface area contributed by atoms with Gasteiger partial charge in [-0.1, -0.05) is 18.2 Å². The Morgan fingerprint density at radius 3 is 2.48 bits per heavy atom. The van der Waals surface area contributed by atoms with E-state index < -0.39 is 5.25 Å². The number of imide groups is 1. The molecule has 1 atom stereocenters. The highest BCUT2D eigenvalue weighted by Crippen LogP contribution is 2.29. The van der Waals surface area contributed by atoms with E-state index in [4.69, 9.17) is 0 Å². The number of nitrogens with one attached hydrogen (secondary N) is 1. The van der Waals surface area contributed by atoms with Gasteiger partial charge in [0.2, 0.25) is 17.7 Å². The molecule has 2 aromatic carbocycles. The van der Waals surface area contributed by atoms with E-state index in [9.17, 15) is 18.8 Å². The van der Waals surface area contributed by atoms with E-state index in [-0.39, 0.29) is 35.7 Å². The molecule has 3 amide bonds. The number of halogens is 1. The predicted molar refractivity (Wildman–Crippen MR) is 94.8 cm³/mol. The van der Waals surface area contributed by atoms with Gasteiger partial charge >= 0.3 is 0 Å². The number of para-hydroxylation sites is 1. The van der Waals surface area contributed by atoms with Gasteiger partial charge in [-0.15, -0.1) is 11.8 Å². The minimum atomic E-state index is -0.577. The van der Waals surface area contributed by atoms with Gasteiger partial charge in [0, 0.05) is 12.1 Å². The second-order valence-electron chi connectivity index (χ2n) is 5.46. The molecule has 1 unspecified atom stereocenters. The van der Waals surface area contributed by atoms with Gasteiger partial charge in [-0.2, -0.15) is 0 Å². The Morgan fingerprint density at radius 1 is 1.12 bits per heavy atom. The van der Waals surface area contributed by atoms with Crippen molar-refractivity contribution in [2.24, 2.45) is 0 Å². The topological polar surface area (TPSA) is 66.5 Å². The Kier molecular flexibility index (Phi) is 5.14. The number of nitrogens with zero attached hydrogens (tertiary/aromatic N) is 1. The minimum absolute atomic E-state index is 0.0314. The summed E-state index contributed by atoms with van der Waals surface area (Å²) in [5.74, 6) is -1.24. The van der Waals surface area contributed by atoms with E-state index in [1.54, 1.807) is 30.3 Å². The molecule has 0 radical (unpaired) electrons. The largest absolute Gasteiger partial charge is 0.325 e. The number of rotatable bonds is 5. The zero-order valence-electron chi connectivity index (χ0n) is 13.1. The van der Waals surface area contributed by atoms with E-state index in [2.05, 4.69) is 5.32 Å². The van der Waals surface area contributed by atoms with Crippen molar-refractivity contribution >= 4 is 40.9 Å². The summed E-state index contributed by atoms with van der Waals surface area (Å²) < 4.78 is 12.8. The highest BCUT2D eigenvalue weighted by Gasteiger charge is 2.39. The number of hydrogen-bond donors (Lipinski definition) is 1. The Labute approximate surface area is 148 Å². The summed E-state index contributed by atoms with van der Waals surface area (Å²) >= 11 is 1.13. The lowest BCUT2D eigenvalue weighted by molar-refractivity contribution is -0.121. The number of hydrogen-bond acceptors (Lipinski definition) is 4. The molecule has 5 nitrogen and oxygen atoms in total. The lowest BCUT2D eigenvalue weighted by Crippen LogP contribution is -2.31. The van der Waals surface area contributed by atoms with Crippen LogP contribution in [-0.4, -0.2) is 28.7 Å². The summed E-state index contributed by atoms with van der Waals surface area (Å²) in [5.41, 5.74) is 1.02. The molecule has 1 heterocycles. The summed E-state index contributed by atoms with van der Waals surface area (Å²) in [6.45, 7) is 0. The number of carbonyl (C=O) groups is 3. The normalized spacial score (nSPS) is 17.0. The molecule has 0 saturated carbocycles. The average molecular weight is 358 g/mol. The zero-order valence-corrected chi connectivity index (χ0v) is 14.0. The molecule has 25 heavy (non-hydrogen) atoms. The van der Waals surface area contributed by atoms with Crippen LogP contribution >= 0.6 is 11.8 Å². The fourth-order valence-electron chi connectivity index (χ4n) is 2.49.